The number of hydrogen-bond acceptors (Lipinski definition) is 6. The van der Waals surface area contributed by atoms with E-state index in [1.807, 2.05) is 48.7 Å². The molecule has 0 fully saturated rings. The molecule has 130 valence electrons. The molecule has 25 heavy (non-hydrogen) atoms. The van der Waals surface area contributed by atoms with Gasteiger partial charge in [0, 0.05) is 9.90 Å². The molecule has 0 spiro atoms. The lowest BCUT2D eigenvalue weighted by Gasteiger charge is -2.15. The lowest BCUT2D eigenvalue weighted by atomic mass is 10.1. The highest BCUT2D eigenvalue weighted by molar-refractivity contribution is 7.99. The summed E-state index contributed by atoms with van der Waals surface area (Å²) < 4.78 is 1.70. The van der Waals surface area contributed by atoms with Crippen LogP contribution in [0, 0.1) is 0 Å². The smallest absolute Gasteiger partial charge is 0.230 e. The Balaban J connectivity index is 1.54. The third-order valence-electron chi connectivity index (χ3n) is 3.47. The summed E-state index contributed by atoms with van der Waals surface area (Å²) in [6, 6.07) is 11.3. The second-order valence-corrected chi connectivity index (χ2v) is 7.68. The Bertz CT molecular complexity index is 837. The quantitative estimate of drug-likeness (QED) is 0.623. The Hall–Kier alpha value is -1.90. The van der Waals surface area contributed by atoms with E-state index in [0.29, 0.717) is 16.7 Å². The number of nitrogens with zero attached hydrogens (tertiary/aromatic N) is 4. The van der Waals surface area contributed by atoms with Crippen molar-refractivity contribution in [2.45, 2.75) is 24.7 Å². The Morgan fingerprint density at radius 2 is 2.20 bits per heavy atom. The molecule has 2 aromatic heterocycles. The second kappa shape index (κ2) is 8.46. The Morgan fingerprint density at radius 1 is 1.36 bits per heavy atom. The van der Waals surface area contributed by atoms with Crippen molar-refractivity contribution in [1.82, 2.24) is 25.5 Å². The second-order valence-electron chi connectivity index (χ2n) is 5.30. The number of tetrazole rings is 1. The van der Waals surface area contributed by atoms with Crippen LogP contribution in [0.4, 0.5) is 0 Å². The van der Waals surface area contributed by atoms with Crippen LogP contribution in [-0.4, -0.2) is 31.9 Å². The van der Waals surface area contributed by atoms with Gasteiger partial charge < -0.3 is 5.32 Å². The van der Waals surface area contributed by atoms with E-state index in [2.05, 4.69) is 20.8 Å². The average Bonchev–Trinajstić information content (AvgIpc) is 3.26. The molecule has 9 heteroatoms. The number of halogens is 1. The number of rotatable bonds is 7. The van der Waals surface area contributed by atoms with E-state index in [-0.39, 0.29) is 17.7 Å². The first kappa shape index (κ1) is 17.9. The highest BCUT2D eigenvalue weighted by Gasteiger charge is 2.14. The van der Waals surface area contributed by atoms with Gasteiger partial charge in [-0.05, 0) is 40.4 Å². The largest absolute Gasteiger partial charge is 0.349 e. The maximum absolute atomic E-state index is 12.2. The predicted octanol–water partition coefficient (Wildman–Crippen LogP) is 3.41. The van der Waals surface area contributed by atoms with Crippen molar-refractivity contribution in [3.8, 4) is 0 Å². The summed E-state index contributed by atoms with van der Waals surface area (Å²) >= 11 is 9.12. The van der Waals surface area contributed by atoms with Gasteiger partial charge in [-0.2, -0.15) is 0 Å². The molecule has 1 aromatic carbocycles. The van der Waals surface area contributed by atoms with E-state index in [0.717, 1.165) is 10.4 Å². The van der Waals surface area contributed by atoms with Gasteiger partial charge in [-0.3, -0.25) is 4.79 Å². The van der Waals surface area contributed by atoms with Gasteiger partial charge in [0.1, 0.15) is 0 Å². The van der Waals surface area contributed by atoms with E-state index in [1.165, 1.54) is 11.8 Å². The molecule has 0 radical (unpaired) electrons. The van der Waals surface area contributed by atoms with Gasteiger partial charge in [0.15, 0.2) is 0 Å². The third kappa shape index (κ3) is 4.81. The molecule has 2 heterocycles. The van der Waals surface area contributed by atoms with Gasteiger partial charge in [-0.15, -0.1) is 16.4 Å². The first-order valence-corrected chi connectivity index (χ1v) is 9.83. The zero-order valence-electron chi connectivity index (χ0n) is 13.4. The lowest BCUT2D eigenvalue weighted by Crippen LogP contribution is -2.28. The fourth-order valence-corrected chi connectivity index (χ4v) is 3.94. The van der Waals surface area contributed by atoms with Crippen molar-refractivity contribution in [3.63, 3.8) is 0 Å². The predicted molar refractivity (Wildman–Crippen MR) is 100.0 cm³/mol. The molecule has 0 aliphatic carbocycles. The van der Waals surface area contributed by atoms with Crippen molar-refractivity contribution >= 4 is 40.6 Å². The normalized spacial score (nSPS) is 12.1. The molecule has 0 aliphatic rings. The molecule has 0 saturated heterocycles. The van der Waals surface area contributed by atoms with E-state index in [1.54, 1.807) is 16.0 Å². The van der Waals surface area contributed by atoms with E-state index in [9.17, 15) is 4.79 Å². The molecule has 0 aliphatic heterocycles. The van der Waals surface area contributed by atoms with Crippen LogP contribution in [0.15, 0.2) is 46.9 Å². The lowest BCUT2D eigenvalue weighted by molar-refractivity contribution is -0.119. The Kier molecular flexibility index (Phi) is 6.06. The van der Waals surface area contributed by atoms with Crippen LogP contribution in [-0.2, 0) is 11.3 Å². The topological polar surface area (TPSA) is 72.7 Å². The van der Waals surface area contributed by atoms with Crippen LogP contribution >= 0.6 is 34.7 Å². The molecule has 0 bridgehead atoms. The fourth-order valence-electron chi connectivity index (χ4n) is 2.27. The summed E-state index contributed by atoms with van der Waals surface area (Å²) in [6.45, 7) is 2.51. The zero-order chi connectivity index (χ0) is 17.6. The number of aromatic nitrogens is 4. The van der Waals surface area contributed by atoms with Gasteiger partial charge in [0.05, 0.1) is 18.3 Å². The number of amides is 1. The molecule has 6 nitrogen and oxygen atoms in total. The number of benzene rings is 1. The van der Waals surface area contributed by atoms with E-state index >= 15 is 0 Å². The molecule has 1 unspecified atom stereocenters. The average molecular weight is 394 g/mol. The number of thiophene rings is 1. The van der Waals surface area contributed by atoms with Crippen molar-refractivity contribution < 1.29 is 4.79 Å². The standard InChI is InChI=1S/C16H16ClN5OS2/c1-11(13-6-2-3-7-14(13)17)18-15(23)10-25-16-19-20-21-22(16)9-12-5-4-8-24-12/h2-8,11H,9-10H2,1H3,(H,18,23). The Labute approximate surface area is 158 Å². The molecule has 3 rings (SSSR count). The minimum atomic E-state index is -0.163. The van der Waals surface area contributed by atoms with Crippen LogP contribution in [0.5, 0.6) is 0 Å². The summed E-state index contributed by atoms with van der Waals surface area (Å²) in [5.74, 6) is 0.141. The van der Waals surface area contributed by atoms with Crippen molar-refractivity contribution in [2.24, 2.45) is 0 Å². The minimum absolute atomic E-state index is 0.0944. The first-order chi connectivity index (χ1) is 12.1. The van der Waals surface area contributed by atoms with Gasteiger partial charge in [-0.25, -0.2) is 4.68 Å². The highest BCUT2D eigenvalue weighted by atomic mass is 35.5. The van der Waals surface area contributed by atoms with Gasteiger partial charge in [0.2, 0.25) is 11.1 Å². The molecule has 1 N–H and O–H groups in total. The minimum Gasteiger partial charge on any atom is -0.349 e. The molecule has 1 atom stereocenters. The number of carbonyl (C=O) groups excluding carboxylic acids is 1. The van der Waals surface area contributed by atoms with Gasteiger partial charge in [-0.1, -0.05) is 47.6 Å². The van der Waals surface area contributed by atoms with Gasteiger partial charge in [0.25, 0.3) is 0 Å². The van der Waals surface area contributed by atoms with Gasteiger partial charge >= 0.3 is 0 Å². The summed E-state index contributed by atoms with van der Waals surface area (Å²) in [5, 5.41) is 17.9. The first-order valence-electron chi connectivity index (χ1n) is 7.58. The Morgan fingerprint density at radius 3 is 2.96 bits per heavy atom. The molecule has 1 amide bonds. The summed E-state index contributed by atoms with van der Waals surface area (Å²) in [4.78, 5) is 13.4. The number of thioether (sulfide) groups is 1. The van der Waals surface area contributed by atoms with Crippen molar-refractivity contribution in [2.75, 3.05) is 5.75 Å². The van der Waals surface area contributed by atoms with E-state index in [4.69, 9.17) is 11.6 Å². The van der Waals surface area contributed by atoms with Crippen LogP contribution in [0.25, 0.3) is 0 Å². The summed E-state index contributed by atoms with van der Waals surface area (Å²) in [7, 11) is 0. The van der Waals surface area contributed by atoms with Crippen molar-refractivity contribution in [1.29, 1.82) is 0 Å². The van der Waals surface area contributed by atoms with Crippen LogP contribution < -0.4 is 5.32 Å². The molecule has 3 aromatic rings. The summed E-state index contributed by atoms with van der Waals surface area (Å²) in [5.41, 5.74) is 0.894. The SMILES string of the molecule is CC(NC(=O)CSc1nnnn1Cc1cccs1)c1ccccc1Cl. The number of hydrogen-bond donors (Lipinski definition) is 1. The van der Waals surface area contributed by atoms with Crippen LogP contribution in [0.3, 0.4) is 0 Å². The maximum atomic E-state index is 12.2. The number of carbonyl (C=O) groups is 1. The third-order valence-corrected chi connectivity index (χ3v) is 5.63. The van der Waals surface area contributed by atoms with Crippen LogP contribution in [0.2, 0.25) is 5.02 Å². The fraction of sp³-hybridized carbons (Fsp3) is 0.250. The molecule has 0 saturated carbocycles. The molecular weight excluding hydrogens is 378 g/mol. The maximum Gasteiger partial charge on any atom is 0.230 e. The number of nitrogens with one attached hydrogen (secondary N) is 1. The summed E-state index contributed by atoms with van der Waals surface area (Å²) in [6.07, 6.45) is 0. The molecular formula is C16H16ClN5OS2. The van der Waals surface area contributed by atoms with Crippen LogP contribution in [0.1, 0.15) is 23.4 Å². The van der Waals surface area contributed by atoms with E-state index < -0.39 is 0 Å². The van der Waals surface area contributed by atoms with Crippen molar-refractivity contribution in [3.05, 3.63) is 57.2 Å². The monoisotopic (exact) mass is 393 g/mol. The zero-order valence-corrected chi connectivity index (χ0v) is 15.8. The highest BCUT2D eigenvalue weighted by Crippen LogP contribution is 2.22.